The predicted octanol–water partition coefficient (Wildman–Crippen LogP) is 2.53. The van der Waals surface area contributed by atoms with E-state index in [0.717, 1.165) is 55.0 Å². The first kappa shape index (κ1) is 17.9. The van der Waals surface area contributed by atoms with Crippen LogP contribution in [0.25, 0.3) is 0 Å². The van der Waals surface area contributed by atoms with Gasteiger partial charge in [-0.15, -0.1) is 0 Å². The molecule has 7 heteroatoms. The van der Waals surface area contributed by atoms with Crippen LogP contribution in [-0.4, -0.2) is 38.8 Å². The van der Waals surface area contributed by atoms with E-state index in [4.69, 9.17) is 0 Å². The van der Waals surface area contributed by atoms with Crippen LogP contribution in [0.15, 0.2) is 23.1 Å². The van der Waals surface area contributed by atoms with Gasteiger partial charge in [-0.25, -0.2) is 17.1 Å². The number of nitrogens with zero attached hydrogens (tertiary/aromatic N) is 1. The Morgan fingerprint density at radius 1 is 1.17 bits per heavy atom. The summed E-state index contributed by atoms with van der Waals surface area (Å²) in [5.41, 5.74) is -0.225. The number of sulfonamides is 1. The van der Waals surface area contributed by atoms with E-state index in [9.17, 15) is 17.6 Å². The molecule has 23 heavy (non-hydrogen) atoms. The number of amides is 1. The molecule has 0 heterocycles. The van der Waals surface area contributed by atoms with Gasteiger partial charge in [0, 0.05) is 20.1 Å². The fourth-order valence-electron chi connectivity index (χ4n) is 2.74. The summed E-state index contributed by atoms with van der Waals surface area (Å²) in [5, 5.41) is 2.84. The van der Waals surface area contributed by atoms with Crippen LogP contribution < -0.4 is 5.32 Å². The summed E-state index contributed by atoms with van der Waals surface area (Å²) in [6.07, 6.45) is 6.14. The number of hydrogen-bond donors (Lipinski definition) is 1. The first-order valence-corrected chi connectivity index (χ1v) is 9.29. The normalized spacial score (nSPS) is 17.0. The van der Waals surface area contributed by atoms with Gasteiger partial charge in [0.25, 0.3) is 5.91 Å². The molecule has 0 radical (unpaired) electrons. The largest absolute Gasteiger partial charge is 0.349 e. The first-order valence-electron chi connectivity index (χ1n) is 7.85. The predicted molar refractivity (Wildman–Crippen MR) is 86.2 cm³/mol. The smallest absolute Gasteiger partial charge is 0.254 e. The molecule has 0 aromatic heterocycles. The van der Waals surface area contributed by atoms with Crippen molar-refractivity contribution in [3.63, 3.8) is 0 Å². The zero-order chi connectivity index (χ0) is 17.0. The van der Waals surface area contributed by atoms with Crippen LogP contribution in [-0.2, 0) is 10.0 Å². The molecule has 1 amide bonds. The van der Waals surface area contributed by atoms with Crippen LogP contribution >= 0.6 is 0 Å². The number of hydrogen-bond acceptors (Lipinski definition) is 3. The minimum atomic E-state index is -3.70. The molecule has 128 valence electrons. The highest BCUT2D eigenvalue weighted by Crippen LogP contribution is 2.20. The zero-order valence-electron chi connectivity index (χ0n) is 13.5. The van der Waals surface area contributed by atoms with Crippen molar-refractivity contribution in [1.29, 1.82) is 0 Å². The van der Waals surface area contributed by atoms with E-state index in [1.54, 1.807) is 0 Å². The summed E-state index contributed by atoms with van der Waals surface area (Å²) in [7, 11) is -0.916. The molecule has 1 aromatic rings. The second-order valence-corrected chi connectivity index (χ2v) is 8.24. The molecular weight excluding hydrogens is 319 g/mol. The molecule has 1 aliphatic rings. The van der Waals surface area contributed by atoms with Gasteiger partial charge in [-0.3, -0.25) is 4.79 Å². The van der Waals surface area contributed by atoms with Crippen molar-refractivity contribution in [2.45, 2.75) is 49.5 Å². The summed E-state index contributed by atoms with van der Waals surface area (Å²) >= 11 is 0. The SMILES string of the molecule is CN(C)S(=O)(=O)c1ccc(F)c(C(=O)NC2CCCCCC2)c1. The van der Waals surface area contributed by atoms with Crippen molar-refractivity contribution in [2.75, 3.05) is 14.1 Å². The van der Waals surface area contributed by atoms with Gasteiger partial charge in [0.05, 0.1) is 10.5 Å². The van der Waals surface area contributed by atoms with Crippen molar-refractivity contribution in [3.8, 4) is 0 Å². The van der Waals surface area contributed by atoms with Crippen LogP contribution in [0, 0.1) is 5.82 Å². The second-order valence-electron chi connectivity index (χ2n) is 6.09. The molecule has 0 aliphatic heterocycles. The fraction of sp³-hybridized carbons (Fsp3) is 0.562. The van der Waals surface area contributed by atoms with Gasteiger partial charge >= 0.3 is 0 Å². The molecule has 1 aliphatic carbocycles. The Hall–Kier alpha value is -1.47. The Balaban J connectivity index is 2.22. The molecule has 1 aromatic carbocycles. The van der Waals surface area contributed by atoms with Crippen LogP contribution in [0.2, 0.25) is 0 Å². The minimum absolute atomic E-state index is 0.0264. The second kappa shape index (κ2) is 7.40. The number of rotatable bonds is 4. The number of benzene rings is 1. The third-order valence-corrected chi connectivity index (χ3v) is 5.96. The van der Waals surface area contributed by atoms with Crippen molar-refractivity contribution in [2.24, 2.45) is 0 Å². The number of halogens is 1. The highest BCUT2D eigenvalue weighted by Gasteiger charge is 2.23. The lowest BCUT2D eigenvalue weighted by Gasteiger charge is -2.17. The van der Waals surface area contributed by atoms with E-state index < -0.39 is 21.7 Å². The number of nitrogens with one attached hydrogen (secondary N) is 1. The summed E-state index contributed by atoms with van der Waals surface area (Å²) in [4.78, 5) is 12.2. The third-order valence-electron chi connectivity index (χ3n) is 4.15. The van der Waals surface area contributed by atoms with E-state index in [1.807, 2.05) is 0 Å². The summed E-state index contributed by atoms with van der Waals surface area (Å²) in [6.45, 7) is 0. The maximum Gasteiger partial charge on any atom is 0.254 e. The van der Waals surface area contributed by atoms with Crippen LogP contribution in [0.1, 0.15) is 48.9 Å². The highest BCUT2D eigenvalue weighted by atomic mass is 32.2. The summed E-state index contributed by atoms with van der Waals surface area (Å²) in [5.74, 6) is -1.26. The van der Waals surface area contributed by atoms with E-state index in [1.165, 1.54) is 20.2 Å². The van der Waals surface area contributed by atoms with Crippen molar-refractivity contribution >= 4 is 15.9 Å². The van der Waals surface area contributed by atoms with Gasteiger partial charge in [0.15, 0.2) is 0 Å². The fourth-order valence-corrected chi connectivity index (χ4v) is 3.66. The van der Waals surface area contributed by atoms with Gasteiger partial charge in [-0.05, 0) is 31.0 Å². The van der Waals surface area contributed by atoms with Gasteiger partial charge in [0.1, 0.15) is 5.82 Å². The number of carbonyl (C=O) groups is 1. The molecule has 0 bridgehead atoms. The Kier molecular flexibility index (Phi) is 5.75. The molecule has 1 saturated carbocycles. The Bertz CT molecular complexity index is 666. The van der Waals surface area contributed by atoms with Crippen molar-refractivity contribution < 1.29 is 17.6 Å². The van der Waals surface area contributed by atoms with Gasteiger partial charge in [0.2, 0.25) is 10.0 Å². The molecule has 0 atom stereocenters. The standard InChI is InChI=1S/C16H23FN2O3S/c1-19(2)23(21,22)13-9-10-15(17)14(11-13)16(20)18-12-7-5-3-4-6-8-12/h9-12H,3-8H2,1-2H3,(H,18,20). The lowest BCUT2D eigenvalue weighted by Crippen LogP contribution is -2.35. The van der Waals surface area contributed by atoms with Gasteiger partial charge in [-0.1, -0.05) is 25.7 Å². The van der Waals surface area contributed by atoms with E-state index in [-0.39, 0.29) is 16.5 Å². The maximum absolute atomic E-state index is 14.0. The highest BCUT2D eigenvalue weighted by molar-refractivity contribution is 7.89. The van der Waals surface area contributed by atoms with Crippen molar-refractivity contribution in [1.82, 2.24) is 9.62 Å². The lowest BCUT2D eigenvalue weighted by molar-refractivity contribution is 0.0929. The number of carbonyl (C=O) groups excluding carboxylic acids is 1. The topological polar surface area (TPSA) is 66.5 Å². The zero-order valence-corrected chi connectivity index (χ0v) is 14.3. The summed E-state index contributed by atoms with van der Waals surface area (Å²) < 4.78 is 39.3. The molecule has 2 rings (SSSR count). The average Bonchev–Trinajstić information content (AvgIpc) is 2.75. The molecule has 1 N–H and O–H groups in total. The Morgan fingerprint density at radius 2 is 1.78 bits per heavy atom. The Labute approximate surface area is 136 Å². The quantitative estimate of drug-likeness (QED) is 0.855. The first-order chi connectivity index (χ1) is 10.8. The van der Waals surface area contributed by atoms with Crippen LogP contribution in [0.4, 0.5) is 4.39 Å². The Morgan fingerprint density at radius 3 is 2.35 bits per heavy atom. The van der Waals surface area contributed by atoms with Crippen molar-refractivity contribution in [3.05, 3.63) is 29.6 Å². The van der Waals surface area contributed by atoms with Gasteiger partial charge < -0.3 is 5.32 Å². The molecule has 1 fully saturated rings. The van der Waals surface area contributed by atoms with E-state index >= 15 is 0 Å². The third kappa shape index (κ3) is 4.29. The molecule has 5 nitrogen and oxygen atoms in total. The van der Waals surface area contributed by atoms with Gasteiger partial charge in [-0.2, -0.15) is 0 Å². The molecular formula is C16H23FN2O3S. The summed E-state index contributed by atoms with van der Waals surface area (Å²) in [6, 6.07) is 3.33. The minimum Gasteiger partial charge on any atom is -0.349 e. The van der Waals surface area contributed by atoms with Crippen LogP contribution in [0.3, 0.4) is 0 Å². The van der Waals surface area contributed by atoms with Crippen LogP contribution in [0.5, 0.6) is 0 Å². The average molecular weight is 342 g/mol. The molecule has 0 saturated heterocycles. The van der Waals surface area contributed by atoms with E-state index in [0.29, 0.717) is 0 Å². The molecule has 0 spiro atoms. The maximum atomic E-state index is 14.0. The van der Waals surface area contributed by atoms with E-state index in [2.05, 4.69) is 5.32 Å². The lowest BCUT2D eigenvalue weighted by atomic mass is 10.1. The molecule has 0 unspecified atom stereocenters. The monoisotopic (exact) mass is 342 g/mol.